The number of carbonyl (C=O) groups excluding carboxylic acids is 1. The van der Waals surface area contributed by atoms with Crippen molar-refractivity contribution in [1.82, 2.24) is 10.2 Å². The van der Waals surface area contributed by atoms with Crippen molar-refractivity contribution in [3.8, 4) is 0 Å². The van der Waals surface area contributed by atoms with Gasteiger partial charge in [-0.25, -0.2) is 4.79 Å². The summed E-state index contributed by atoms with van der Waals surface area (Å²) in [6.07, 6.45) is 2.93. The average Bonchev–Trinajstić information content (AvgIpc) is 3.21. The molecule has 0 saturated carbocycles. The first-order chi connectivity index (χ1) is 11.6. The highest BCUT2D eigenvalue weighted by atomic mass is 35.5. The van der Waals surface area contributed by atoms with Gasteiger partial charge in [-0.1, -0.05) is 12.1 Å². The third-order valence-electron chi connectivity index (χ3n) is 4.94. The molecule has 1 aromatic rings. The maximum atomic E-state index is 12.6. The van der Waals surface area contributed by atoms with Crippen molar-refractivity contribution in [2.24, 2.45) is 5.92 Å². The third kappa shape index (κ3) is 5.09. The Balaban J connectivity index is 0.00000225. The van der Waals surface area contributed by atoms with Gasteiger partial charge in [0, 0.05) is 31.7 Å². The van der Waals surface area contributed by atoms with E-state index in [1.165, 1.54) is 6.42 Å². The Morgan fingerprint density at radius 1 is 1.24 bits per heavy atom. The van der Waals surface area contributed by atoms with Crippen molar-refractivity contribution in [1.29, 1.82) is 0 Å². The largest absolute Gasteiger partial charge is 0.481 e. The lowest BCUT2D eigenvalue weighted by Gasteiger charge is -2.20. The SMILES string of the molecule is Cl.O=C(O)CCc1ccc(N2CCN(CCC3CCNC3)C2=O)cc1. The number of carboxylic acids is 1. The molecule has 0 aromatic heterocycles. The maximum Gasteiger partial charge on any atom is 0.324 e. The van der Waals surface area contributed by atoms with Crippen molar-refractivity contribution in [2.75, 3.05) is 37.6 Å². The lowest BCUT2D eigenvalue weighted by Crippen LogP contribution is -2.33. The minimum Gasteiger partial charge on any atom is -0.481 e. The molecule has 0 spiro atoms. The van der Waals surface area contributed by atoms with Gasteiger partial charge in [0.1, 0.15) is 0 Å². The maximum absolute atomic E-state index is 12.6. The molecule has 3 rings (SSSR count). The second-order valence-corrected chi connectivity index (χ2v) is 6.63. The van der Waals surface area contributed by atoms with E-state index in [4.69, 9.17) is 5.11 Å². The molecule has 6 nitrogen and oxygen atoms in total. The number of urea groups is 1. The first-order valence-corrected chi connectivity index (χ1v) is 8.71. The van der Waals surface area contributed by atoms with Gasteiger partial charge >= 0.3 is 12.0 Å². The van der Waals surface area contributed by atoms with Crippen LogP contribution in [-0.4, -0.2) is 54.7 Å². The number of amides is 2. The van der Waals surface area contributed by atoms with Crippen LogP contribution in [0.25, 0.3) is 0 Å². The normalized spacial score (nSPS) is 20.0. The summed E-state index contributed by atoms with van der Waals surface area (Å²) in [5, 5.41) is 12.1. The van der Waals surface area contributed by atoms with E-state index in [0.29, 0.717) is 12.3 Å². The molecule has 1 atom stereocenters. The van der Waals surface area contributed by atoms with Gasteiger partial charge in [-0.2, -0.15) is 0 Å². The summed E-state index contributed by atoms with van der Waals surface area (Å²) in [5.41, 5.74) is 1.88. The van der Waals surface area contributed by atoms with Gasteiger partial charge in [-0.3, -0.25) is 9.69 Å². The van der Waals surface area contributed by atoms with E-state index in [0.717, 1.165) is 50.4 Å². The number of benzene rings is 1. The van der Waals surface area contributed by atoms with Crippen molar-refractivity contribution in [3.63, 3.8) is 0 Å². The summed E-state index contributed by atoms with van der Waals surface area (Å²) in [7, 11) is 0. The molecule has 2 amide bonds. The van der Waals surface area contributed by atoms with Crippen LogP contribution in [-0.2, 0) is 11.2 Å². The molecule has 0 bridgehead atoms. The van der Waals surface area contributed by atoms with E-state index in [2.05, 4.69) is 5.32 Å². The Morgan fingerprint density at radius 3 is 2.64 bits per heavy atom. The van der Waals surface area contributed by atoms with Crippen LogP contribution >= 0.6 is 12.4 Å². The van der Waals surface area contributed by atoms with E-state index in [9.17, 15) is 9.59 Å². The van der Waals surface area contributed by atoms with Crippen LogP contribution < -0.4 is 10.2 Å². The summed E-state index contributed by atoms with van der Waals surface area (Å²) in [6, 6.07) is 7.75. The molecule has 2 heterocycles. The van der Waals surface area contributed by atoms with Gasteiger partial charge in [-0.05, 0) is 56.0 Å². The number of aliphatic carboxylic acids is 1. The summed E-state index contributed by atoms with van der Waals surface area (Å²) in [4.78, 5) is 26.9. The number of halogens is 1. The zero-order valence-electron chi connectivity index (χ0n) is 14.3. The third-order valence-corrected chi connectivity index (χ3v) is 4.94. The lowest BCUT2D eigenvalue weighted by molar-refractivity contribution is -0.136. The Labute approximate surface area is 154 Å². The molecule has 2 saturated heterocycles. The molecular weight excluding hydrogens is 342 g/mol. The van der Waals surface area contributed by atoms with Crippen LogP contribution in [0.2, 0.25) is 0 Å². The van der Waals surface area contributed by atoms with Gasteiger partial charge < -0.3 is 15.3 Å². The number of rotatable bonds is 7. The van der Waals surface area contributed by atoms with Gasteiger partial charge in [0.15, 0.2) is 0 Å². The van der Waals surface area contributed by atoms with Gasteiger partial charge in [0.25, 0.3) is 0 Å². The number of hydrogen-bond acceptors (Lipinski definition) is 3. The number of nitrogens with zero attached hydrogens (tertiary/aromatic N) is 2. The zero-order valence-corrected chi connectivity index (χ0v) is 15.1. The topological polar surface area (TPSA) is 72.9 Å². The number of carbonyl (C=O) groups is 2. The second kappa shape index (κ2) is 9.06. The van der Waals surface area contributed by atoms with Gasteiger partial charge in [0.05, 0.1) is 0 Å². The summed E-state index contributed by atoms with van der Waals surface area (Å²) < 4.78 is 0. The van der Waals surface area contributed by atoms with Crippen molar-refractivity contribution >= 4 is 30.1 Å². The van der Waals surface area contributed by atoms with Crippen LogP contribution in [0.3, 0.4) is 0 Å². The molecule has 7 heteroatoms. The second-order valence-electron chi connectivity index (χ2n) is 6.63. The van der Waals surface area contributed by atoms with E-state index in [1.807, 2.05) is 34.1 Å². The van der Waals surface area contributed by atoms with Crippen LogP contribution in [0.15, 0.2) is 24.3 Å². The first-order valence-electron chi connectivity index (χ1n) is 8.71. The van der Waals surface area contributed by atoms with E-state index in [1.54, 1.807) is 0 Å². The summed E-state index contributed by atoms with van der Waals surface area (Å²) in [6.45, 7) is 4.50. The van der Waals surface area contributed by atoms with Gasteiger partial charge in [0.2, 0.25) is 0 Å². The Morgan fingerprint density at radius 2 is 2.00 bits per heavy atom. The van der Waals surface area contributed by atoms with E-state index in [-0.39, 0.29) is 24.9 Å². The van der Waals surface area contributed by atoms with Gasteiger partial charge in [-0.15, -0.1) is 12.4 Å². The fourth-order valence-electron chi connectivity index (χ4n) is 3.42. The quantitative estimate of drug-likeness (QED) is 0.776. The highest BCUT2D eigenvalue weighted by molar-refractivity contribution is 5.94. The number of aryl methyl sites for hydroxylation is 1. The van der Waals surface area contributed by atoms with E-state index >= 15 is 0 Å². The molecule has 2 fully saturated rings. The monoisotopic (exact) mass is 367 g/mol. The molecule has 2 aliphatic rings. The minimum atomic E-state index is -0.790. The van der Waals surface area contributed by atoms with Crippen molar-refractivity contribution in [3.05, 3.63) is 29.8 Å². The Bertz CT molecular complexity index is 588. The molecule has 0 radical (unpaired) electrons. The molecule has 2 N–H and O–H groups in total. The van der Waals surface area contributed by atoms with Crippen LogP contribution in [0.4, 0.5) is 10.5 Å². The minimum absolute atomic E-state index is 0. The highest BCUT2D eigenvalue weighted by Crippen LogP contribution is 2.22. The fraction of sp³-hybridized carbons (Fsp3) is 0.556. The van der Waals surface area contributed by atoms with Crippen LogP contribution in [0.5, 0.6) is 0 Å². The Kier molecular flexibility index (Phi) is 7.08. The predicted molar refractivity (Wildman–Crippen MR) is 99.6 cm³/mol. The number of hydrogen-bond donors (Lipinski definition) is 2. The van der Waals surface area contributed by atoms with Crippen LogP contribution in [0, 0.1) is 5.92 Å². The molecule has 25 heavy (non-hydrogen) atoms. The molecular formula is C18H26ClN3O3. The molecule has 138 valence electrons. The zero-order chi connectivity index (χ0) is 16.9. The molecule has 1 unspecified atom stereocenters. The average molecular weight is 368 g/mol. The fourth-order valence-corrected chi connectivity index (χ4v) is 3.42. The first kappa shape index (κ1) is 19.5. The number of anilines is 1. The summed E-state index contributed by atoms with van der Waals surface area (Å²) in [5.74, 6) is -0.0951. The molecule has 2 aliphatic heterocycles. The molecule has 1 aromatic carbocycles. The van der Waals surface area contributed by atoms with Crippen molar-refractivity contribution in [2.45, 2.75) is 25.7 Å². The predicted octanol–water partition coefficient (Wildman–Crippen LogP) is 2.37. The number of carboxylic acid groups (broad SMARTS) is 1. The standard InChI is InChI=1S/C18H25N3O3.ClH/c22-17(23)6-3-14-1-4-16(5-2-14)21-12-11-20(18(21)24)10-8-15-7-9-19-13-15;/h1-2,4-5,15,19H,3,6-13H2,(H,22,23);1H. The highest BCUT2D eigenvalue weighted by Gasteiger charge is 2.29. The van der Waals surface area contributed by atoms with Crippen LogP contribution in [0.1, 0.15) is 24.8 Å². The lowest BCUT2D eigenvalue weighted by atomic mass is 10.1. The summed E-state index contributed by atoms with van der Waals surface area (Å²) >= 11 is 0. The van der Waals surface area contributed by atoms with Crippen molar-refractivity contribution < 1.29 is 14.7 Å². The smallest absolute Gasteiger partial charge is 0.324 e. The Hall–Kier alpha value is -1.79. The van der Waals surface area contributed by atoms with E-state index < -0.39 is 5.97 Å². The number of nitrogens with one attached hydrogen (secondary N) is 1. The molecule has 0 aliphatic carbocycles.